The van der Waals surface area contributed by atoms with Crippen molar-refractivity contribution in [2.75, 3.05) is 13.1 Å². The van der Waals surface area contributed by atoms with Crippen molar-refractivity contribution in [3.63, 3.8) is 0 Å². The molecule has 0 aromatic heterocycles. The number of hydrogen-bond acceptors (Lipinski definition) is 2. The molecule has 0 aromatic carbocycles. The van der Waals surface area contributed by atoms with E-state index in [9.17, 15) is 9.90 Å². The van der Waals surface area contributed by atoms with Crippen molar-refractivity contribution in [1.82, 2.24) is 4.90 Å². The number of hydrogen-bond donors (Lipinski definition) is 1. The van der Waals surface area contributed by atoms with E-state index in [2.05, 4.69) is 25.7 Å². The summed E-state index contributed by atoms with van der Waals surface area (Å²) in [6, 6.07) is 0.159. The molecule has 1 atom stereocenters. The molecule has 0 saturated heterocycles. The molecule has 0 heterocycles. The number of aliphatic carboxylic acids is 1. The van der Waals surface area contributed by atoms with E-state index in [1.54, 1.807) is 0 Å². The van der Waals surface area contributed by atoms with Crippen molar-refractivity contribution >= 4 is 5.97 Å². The number of nitrogens with zero attached hydrogens (tertiary/aromatic N) is 1. The fourth-order valence-corrected chi connectivity index (χ4v) is 5.95. The molecule has 234 valence electrons. The first-order valence-corrected chi connectivity index (χ1v) is 18.1. The van der Waals surface area contributed by atoms with Crippen LogP contribution in [-0.4, -0.2) is 35.1 Å². The summed E-state index contributed by atoms with van der Waals surface area (Å²) in [5.41, 5.74) is 0. The standard InChI is InChI=1S/C36H73NO2/c1-4-6-8-10-12-14-16-18-20-22-24-26-28-30-32-37(35(3)34-36(38)39)33-31-29-27-25-23-21-19-17-15-13-11-9-7-5-2/h35H,4-34H2,1-3H3,(H,38,39). The van der Waals surface area contributed by atoms with Crippen LogP contribution < -0.4 is 0 Å². The summed E-state index contributed by atoms with van der Waals surface area (Å²) in [6.45, 7) is 8.84. The number of rotatable bonds is 33. The maximum Gasteiger partial charge on any atom is 0.304 e. The summed E-state index contributed by atoms with van der Waals surface area (Å²) in [4.78, 5) is 13.8. The summed E-state index contributed by atoms with van der Waals surface area (Å²) in [5.74, 6) is -0.658. The Hall–Kier alpha value is -0.570. The predicted molar refractivity (Wildman–Crippen MR) is 174 cm³/mol. The van der Waals surface area contributed by atoms with Gasteiger partial charge in [0.1, 0.15) is 0 Å². The van der Waals surface area contributed by atoms with Gasteiger partial charge in [-0.05, 0) is 32.9 Å². The first kappa shape index (κ1) is 38.4. The zero-order chi connectivity index (χ0) is 28.7. The van der Waals surface area contributed by atoms with Gasteiger partial charge in [0.05, 0.1) is 6.42 Å². The van der Waals surface area contributed by atoms with Crippen LogP contribution in [0.4, 0.5) is 0 Å². The van der Waals surface area contributed by atoms with Crippen molar-refractivity contribution in [2.45, 2.75) is 213 Å². The van der Waals surface area contributed by atoms with Gasteiger partial charge in [-0.15, -0.1) is 0 Å². The molecule has 0 aliphatic rings. The summed E-state index contributed by atoms with van der Waals surface area (Å²) < 4.78 is 0. The van der Waals surface area contributed by atoms with Crippen molar-refractivity contribution in [3.8, 4) is 0 Å². The third-order valence-corrected chi connectivity index (χ3v) is 8.69. The Balaban J connectivity index is 3.72. The van der Waals surface area contributed by atoms with E-state index in [4.69, 9.17) is 0 Å². The van der Waals surface area contributed by atoms with E-state index in [0.29, 0.717) is 0 Å². The largest absolute Gasteiger partial charge is 0.481 e. The second-order valence-electron chi connectivity index (χ2n) is 12.7. The molecule has 0 aliphatic carbocycles. The van der Waals surface area contributed by atoms with Crippen LogP contribution in [0.15, 0.2) is 0 Å². The molecule has 0 rings (SSSR count). The van der Waals surface area contributed by atoms with E-state index in [-0.39, 0.29) is 12.5 Å². The minimum Gasteiger partial charge on any atom is -0.481 e. The SMILES string of the molecule is CCCCCCCCCCCCCCCCN(CCCCCCCCCCCCCCCC)C(C)CC(=O)O. The normalized spacial score (nSPS) is 12.4. The van der Waals surface area contributed by atoms with Gasteiger partial charge in [0.15, 0.2) is 0 Å². The molecule has 0 fully saturated rings. The third-order valence-electron chi connectivity index (χ3n) is 8.69. The summed E-state index contributed by atoms with van der Waals surface area (Å²) in [5, 5.41) is 9.29. The highest BCUT2D eigenvalue weighted by molar-refractivity contribution is 5.67. The summed E-state index contributed by atoms with van der Waals surface area (Å²) in [7, 11) is 0. The second-order valence-corrected chi connectivity index (χ2v) is 12.7. The van der Waals surface area contributed by atoms with Gasteiger partial charge in [0.2, 0.25) is 0 Å². The lowest BCUT2D eigenvalue weighted by atomic mass is 10.0. The monoisotopic (exact) mass is 552 g/mol. The molecule has 1 unspecified atom stereocenters. The zero-order valence-corrected chi connectivity index (χ0v) is 27.3. The van der Waals surface area contributed by atoms with Gasteiger partial charge in [0.25, 0.3) is 0 Å². The van der Waals surface area contributed by atoms with Gasteiger partial charge in [-0.2, -0.15) is 0 Å². The molecule has 3 heteroatoms. The Morgan fingerprint density at radius 1 is 0.462 bits per heavy atom. The molecule has 3 nitrogen and oxygen atoms in total. The van der Waals surface area contributed by atoms with Gasteiger partial charge in [-0.3, -0.25) is 4.79 Å². The Labute approximate surface area is 246 Å². The fraction of sp³-hybridized carbons (Fsp3) is 0.972. The average molecular weight is 552 g/mol. The number of carbonyl (C=O) groups is 1. The highest BCUT2D eigenvalue weighted by Gasteiger charge is 2.16. The maximum absolute atomic E-state index is 11.3. The van der Waals surface area contributed by atoms with Crippen molar-refractivity contribution < 1.29 is 9.90 Å². The van der Waals surface area contributed by atoms with Crippen LogP contribution in [0.5, 0.6) is 0 Å². The quantitative estimate of drug-likeness (QED) is 0.0824. The second kappa shape index (κ2) is 32.0. The first-order chi connectivity index (χ1) is 19.1. The van der Waals surface area contributed by atoms with E-state index < -0.39 is 5.97 Å². The van der Waals surface area contributed by atoms with Gasteiger partial charge in [-0.25, -0.2) is 0 Å². The minimum absolute atomic E-state index is 0.159. The van der Waals surface area contributed by atoms with Crippen LogP contribution in [0.25, 0.3) is 0 Å². The average Bonchev–Trinajstić information content (AvgIpc) is 2.91. The fourth-order valence-electron chi connectivity index (χ4n) is 5.95. The van der Waals surface area contributed by atoms with E-state index in [1.165, 1.54) is 180 Å². The van der Waals surface area contributed by atoms with Gasteiger partial charge in [-0.1, -0.05) is 181 Å². The molecule has 1 N–H and O–H groups in total. The Bertz CT molecular complexity index is 449. The Morgan fingerprint density at radius 2 is 0.692 bits per heavy atom. The molecule has 39 heavy (non-hydrogen) atoms. The molecule has 0 bridgehead atoms. The molecule has 0 aliphatic heterocycles. The predicted octanol–water partition coefficient (Wildman–Crippen LogP) is 12.1. The van der Waals surface area contributed by atoms with Crippen LogP contribution in [0, 0.1) is 0 Å². The van der Waals surface area contributed by atoms with Gasteiger partial charge >= 0.3 is 5.97 Å². The molecular weight excluding hydrogens is 478 g/mol. The lowest BCUT2D eigenvalue weighted by Gasteiger charge is -2.28. The first-order valence-electron chi connectivity index (χ1n) is 18.1. The molecule has 0 saturated carbocycles. The van der Waals surface area contributed by atoms with Gasteiger partial charge < -0.3 is 10.0 Å². The van der Waals surface area contributed by atoms with Crippen molar-refractivity contribution in [2.24, 2.45) is 0 Å². The summed E-state index contributed by atoms with van der Waals surface area (Å²) >= 11 is 0. The number of unbranched alkanes of at least 4 members (excludes halogenated alkanes) is 26. The summed E-state index contributed by atoms with van der Waals surface area (Å²) in [6.07, 6.45) is 39.1. The topological polar surface area (TPSA) is 40.5 Å². The number of carboxylic acids is 1. The minimum atomic E-state index is -0.658. The highest BCUT2D eigenvalue weighted by Crippen LogP contribution is 2.16. The Kier molecular flexibility index (Phi) is 31.5. The van der Waals surface area contributed by atoms with Crippen LogP contribution >= 0.6 is 0 Å². The van der Waals surface area contributed by atoms with Crippen molar-refractivity contribution in [3.05, 3.63) is 0 Å². The van der Waals surface area contributed by atoms with Crippen LogP contribution in [0.3, 0.4) is 0 Å². The van der Waals surface area contributed by atoms with E-state index >= 15 is 0 Å². The molecule has 0 radical (unpaired) electrons. The lowest BCUT2D eigenvalue weighted by Crippen LogP contribution is -2.36. The van der Waals surface area contributed by atoms with Gasteiger partial charge in [0, 0.05) is 6.04 Å². The van der Waals surface area contributed by atoms with Crippen LogP contribution in [0.2, 0.25) is 0 Å². The van der Waals surface area contributed by atoms with Crippen LogP contribution in [-0.2, 0) is 4.79 Å². The lowest BCUT2D eigenvalue weighted by molar-refractivity contribution is -0.138. The van der Waals surface area contributed by atoms with E-state index in [1.807, 2.05) is 0 Å². The van der Waals surface area contributed by atoms with Crippen LogP contribution in [0.1, 0.15) is 207 Å². The number of carboxylic acid groups (broad SMARTS) is 1. The highest BCUT2D eigenvalue weighted by atomic mass is 16.4. The van der Waals surface area contributed by atoms with E-state index in [0.717, 1.165) is 13.1 Å². The molecule has 0 amide bonds. The molecule has 0 aromatic rings. The molecule has 0 spiro atoms. The zero-order valence-electron chi connectivity index (χ0n) is 27.3. The smallest absolute Gasteiger partial charge is 0.304 e. The molecular formula is C36H73NO2. The Morgan fingerprint density at radius 3 is 0.923 bits per heavy atom. The van der Waals surface area contributed by atoms with Crippen molar-refractivity contribution in [1.29, 1.82) is 0 Å². The maximum atomic E-state index is 11.3. The third kappa shape index (κ3) is 30.2.